The van der Waals surface area contributed by atoms with Gasteiger partial charge in [-0.2, -0.15) is 0 Å². The zero-order valence-electron chi connectivity index (χ0n) is 14.0. The molecule has 26 heavy (non-hydrogen) atoms. The van der Waals surface area contributed by atoms with Gasteiger partial charge >= 0.3 is 0 Å². The van der Waals surface area contributed by atoms with E-state index >= 15 is 0 Å². The maximum Gasteiger partial charge on any atom is 0.224 e. The number of hydrogen-bond acceptors (Lipinski definition) is 4. The van der Waals surface area contributed by atoms with Crippen LogP contribution in [0.15, 0.2) is 58.0 Å². The van der Waals surface area contributed by atoms with Crippen molar-refractivity contribution in [2.45, 2.75) is 17.7 Å². The van der Waals surface area contributed by atoms with Crippen molar-refractivity contribution in [2.24, 2.45) is 0 Å². The molecule has 0 aliphatic heterocycles. The fourth-order valence-corrected chi connectivity index (χ4v) is 3.35. The van der Waals surface area contributed by atoms with Crippen molar-refractivity contribution in [3.63, 3.8) is 0 Å². The number of benzene rings is 2. The van der Waals surface area contributed by atoms with E-state index in [1.54, 1.807) is 36.2 Å². The van der Waals surface area contributed by atoms with E-state index in [0.717, 1.165) is 10.6 Å². The molecule has 0 aliphatic carbocycles. The number of aryl methyl sites for hydroxylation is 1. The van der Waals surface area contributed by atoms with Crippen LogP contribution in [0.4, 0.5) is 5.69 Å². The number of thioether (sulfide) groups is 1. The average molecular weight is 407 g/mol. The van der Waals surface area contributed by atoms with Crippen LogP contribution in [0.25, 0.3) is 11.3 Å². The Kier molecular flexibility index (Phi) is 6.25. The molecule has 3 rings (SSSR count). The highest BCUT2D eigenvalue weighted by atomic mass is 35.5. The number of anilines is 1. The van der Waals surface area contributed by atoms with Gasteiger partial charge in [-0.1, -0.05) is 29.3 Å². The van der Waals surface area contributed by atoms with Gasteiger partial charge in [0.1, 0.15) is 0 Å². The van der Waals surface area contributed by atoms with Crippen LogP contribution in [0, 0.1) is 0 Å². The van der Waals surface area contributed by atoms with E-state index in [0.29, 0.717) is 33.7 Å². The number of hydrogen-bond donors (Lipinski definition) is 1. The Balaban J connectivity index is 1.60. The second-order valence-corrected chi connectivity index (χ2v) is 7.25. The van der Waals surface area contributed by atoms with Gasteiger partial charge in [-0.25, -0.2) is 4.98 Å². The Morgan fingerprint density at radius 3 is 2.85 bits per heavy atom. The van der Waals surface area contributed by atoms with E-state index in [2.05, 4.69) is 10.3 Å². The number of nitrogens with zero attached hydrogens (tertiary/aromatic N) is 1. The zero-order valence-corrected chi connectivity index (χ0v) is 16.3. The minimum absolute atomic E-state index is 0.0903. The molecule has 0 fully saturated rings. The van der Waals surface area contributed by atoms with Crippen molar-refractivity contribution < 1.29 is 9.21 Å². The zero-order chi connectivity index (χ0) is 18.5. The van der Waals surface area contributed by atoms with Crippen LogP contribution in [0.1, 0.15) is 12.3 Å². The van der Waals surface area contributed by atoms with Gasteiger partial charge in [0.15, 0.2) is 11.7 Å². The molecule has 0 atom stereocenters. The molecule has 1 heterocycles. The third kappa shape index (κ3) is 4.81. The van der Waals surface area contributed by atoms with E-state index < -0.39 is 0 Å². The first kappa shape index (κ1) is 18.8. The smallest absolute Gasteiger partial charge is 0.224 e. The first-order valence-electron chi connectivity index (χ1n) is 7.89. The minimum atomic E-state index is -0.0903. The van der Waals surface area contributed by atoms with E-state index in [1.165, 1.54) is 0 Å². The molecule has 0 radical (unpaired) electrons. The van der Waals surface area contributed by atoms with Crippen molar-refractivity contribution in [1.29, 1.82) is 0 Å². The lowest BCUT2D eigenvalue weighted by molar-refractivity contribution is -0.116. The molecule has 0 unspecified atom stereocenters. The standard InChI is InChI=1S/C19H16Cl2N2O2S/c1-26-14-4-2-3-13(10-14)23-18(24)7-8-19-22-11-17(25-19)15-6-5-12(20)9-16(15)21/h2-6,9-11H,7-8H2,1H3,(H,23,24). The number of carbonyl (C=O) groups is 1. The maximum absolute atomic E-state index is 12.1. The molecule has 0 bridgehead atoms. The summed E-state index contributed by atoms with van der Waals surface area (Å²) >= 11 is 13.7. The highest BCUT2D eigenvalue weighted by Crippen LogP contribution is 2.30. The van der Waals surface area contributed by atoms with Crippen molar-refractivity contribution in [2.75, 3.05) is 11.6 Å². The third-order valence-corrected chi connectivity index (χ3v) is 4.94. The summed E-state index contributed by atoms with van der Waals surface area (Å²) in [5.74, 6) is 0.946. The summed E-state index contributed by atoms with van der Waals surface area (Å²) < 4.78 is 5.71. The van der Waals surface area contributed by atoms with E-state index in [9.17, 15) is 4.79 Å². The Morgan fingerprint density at radius 1 is 1.23 bits per heavy atom. The summed E-state index contributed by atoms with van der Waals surface area (Å²) in [6, 6.07) is 12.9. The second kappa shape index (κ2) is 8.62. The summed E-state index contributed by atoms with van der Waals surface area (Å²) in [4.78, 5) is 17.4. The summed E-state index contributed by atoms with van der Waals surface area (Å²) in [6.07, 6.45) is 4.27. The molecule has 4 nitrogen and oxygen atoms in total. The second-order valence-electron chi connectivity index (χ2n) is 5.52. The SMILES string of the molecule is CSc1cccc(NC(=O)CCc2ncc(-c3ccc(Cl)cc3Cl)o2)c1. The number of carbonyl (C=O) groups excluding carboxylic acids is 1. The summed E-state index contributed by atoms with van der Waals surface area (Å²) in [5.41, 5.74) is 1.50. The van der Waals surface area contributed by atoms with Crippen LogP contribution in [0.2, 0.25) is 10.0 Å². The molecule has 3 aromatic rings. The number of amides is 1. The van der Waals surface area contributed by atoms with Gasteiger partial charge < -0.3 is 9.73 Å². The van der Waals surface area contributed by atoms with Gasteiger partial charge in [0.2, 0.25) is 5.91 Å². The highest BCUT2D eigenvalue weighted by Gasteiger charge is 2.12. The summed E-state index contributed by atoms with van der Waals surface area (Å²) in [6.45, 7) is 0. The Morgan fingerprint density at radius 2 is 2.08 bits per heavy atom. The Hall–Kier alpha value is -1.95. The summed E-state index contributed by atoms with van der Waals surface area (Å²) in [5, 5.41) is 3.93. The predicted molar refractivity (Wildman–Crippen MR) is 107 cm³/mol. The van der Waals surface area contributed by atoms with Crippen molar-refractivity contribution >= 4 is 46.6 Å². The molecule has 0 aliphatic rings. The predicted octanol–water partition coefficient (Wildman–Crippen LogP) is 5.94. The Bertz CT molecular complexity index is 927. The highest BCUT2D eigenvalue weighted by molar-refractivity contribution is 7.98. The molecular formula is C19H16Cl2N2O2S. The Labute approximate surface area is 165 Å². The van der Waals surface area contributed by atoms with E-state index in [-0.39, 0.29) is 12.3 Å². The third-order valence-electron chi connectivity index (χ3n) is 3.67. The fraction of sp³-hybridized carbons (Fsp3) is 0.158. The minimum Gasteiger partial charge on any atom is -0.441 e. The molecule has 1 N–H and O–H groups in total. The number of halogens is 2. The van der Waals surface area contributed by atoms with Gasteiger partial charge in [0.25, 0.3) is 0 Å². The quantitative estimate of drug-likeness (QED) is 0.514. The molecule has 0 saturated carbocycles. The molecule has 0 spiro atoms. The molecule has 7 heteroatoms. The number of aromatic nitrogens is 1. The number of nitrogens with one attached hydrogen (secondary N) is 1. The van der Waals surface area contributed by atoms with Gasteiger partial charge in [0.05, 0.1) is 11.2 Å². The molecule has 1 aromatic heterocycles. The van der Waals surface area contributed by atoms with E-state index in [4.69, 9.17) is 27.6 Å². The van der Waals surface area contributed by atoms with Crippen LogP contribution in [0.5, 0.6) is 0 Å². The lowest BCUT2D eigenvalue weighted by atomic mass is 10.2. The lowest BCUT2D eigenvalue weighted by Gasteiger charge is -2.05. The van der Waals surface area contributed by atoms with Crippen LogP contribution in [0.3, 0.4) is 0 Å². The molecular weight excluding hydrogens is 391 g/mol. The van der Waals surface area contributed by atoms with Gasteiger partial charge in [-0.05, 0) is 42.7 Å². The largest absolute Gasteiger partial charge is 0.441 e. The van der Waals surface area contributed by atoms with Gasteiger partial charge in [-0.15, -0.1) is 11.8 Å². The molecule has 2 aromatic carbocycles. The topological polar surface area (TPSA) is 55.1 Å². The maximum atomic E-state index is 12.1. The average Bonchev–Trinajstić information content (AvgIpc) is 3.09. The first-order valence-corrected chi connectivity index (χ1v) is 9.87. The molecule has 0 saturated heterocycles. The van der Waals surface area contributed by atoms with Crippen LogP contribution in [-0.4, -0.2) is 17.1 Å². The van der Waals surface area contributed by atoms with Crippen molar-refractivity contribution in [1.82, 2.24) is 4.98 Å². The van der Waals surface area contributed by atoms with Crippen molar-refractivity contribution in [3.8, 4) is 11.3 Å². The fourth-order valence-electron chi connectivity index (χ4n) is 2.38. The monoisotopic (exact) mass is 406 g/mol. The van der Waals surface area contributed by atoms with E-state index in [1.807, 2.05) is 30.5 Å². The lowest BCUT2D eigenvalue weighted by Crippen LogP contribution is -2.12. The van der Waals surface area contributed by atoms with Crippen LogP contribution in [-0.2, 0) is 11.2 Å². The summed E-state index contributed by atoms with van der Waals surface area (Å²) in [7, 11) is 0. The van der Waals surface area contributed by atoms with Gasteiger partial charge in [-0.3, -0.25) is 4.79 Å². The van der Waals surface area contributed by atoms with Crippen LogP contribution >= 0.6 is 35.0 Å². The van der Waals surface area contributed by atoms with Gasteiger partial charge in [0, 0.05) is 34.0 Å². The number of rotatable bonds is 6. The van der Waals surface area contributed by atoms with Crippen molar-refractivity contribution in [3.05, 3.63) is 64.6 Å². The molecule has 1 amide bonds. The normalized spacial score (nSPS) is 10.7. The van der Waals surface area contributed by atoms with Crippen LogP contribution < -0.4 is 5.32 Å². The first-order chi connectivity index (χ1) is 12.5. The number of oxazole rings is 1. The molecule has 134 valence electrons.